The predicted molar refractivity (Wildman–Crippen MR) is 104 cm³/mol. The van der Waals surface area contributed by atoms with Crippen LogP contribution >= 0.6 is 0 Å². The van der Waals surface area contributed by atoms with Crippen molar-refractivity contribution in [3.8, 4) is 0 Å². The average Bonchev–Trinajstić information content (AvgIpc) is 2.99. The lowest BCUT2D eigenvalue weighted by Crippen LogP contribution is -2.35. The number of likely N-dealkylation sites (N-methyl/N-ethyl adjacent to an activating group) is 1. The van der Waals surface area contributed by atoms with Gasteiger partial charge >= 0.3 is 0 Å². The second-order valence-electron chi connectivity index (χ2n) is 7.05. The van der Waals surface area contributed by atoms with Crippen LogP contribution in [0.1, 0.15) is 35.8 Å². The summed E-state index contributed by atoms with van der Waals surface area (Å²) in [5.74, 6) is -1.47. The van der Waals surface area contributed by atoms with E-state index in [4.69, 9.17) is 0 Å². The summed E-state index contributed by atoms with van der Waals surface area (Å²) in [6.45, 7) is 3.56. The van der Waals surface area contributed by atoms with Crippen LogP contribution in [0.2, 0.25) is 0 Å². The van der Waals surface area contributed by atoms with Crippen LogP contribution in [0.4, 0.5) is 4.39 Å². The highest BCUT2D eigenvalue weighted by Gasteiger charge is 2.22. The Kier molecular flexibility index (Phi) is 6.91. The van der Waals surface area contributed by atoms with Crippen LogP contribution in [0.25, 0.3) is 0 Å². The maximum atomic E-state index is 14.2. The monoisotopic (exact) mass is 411 g/mol. The maximum absolute atomic E-state index is 14.2. The maximum Gasteiger partial charge on any atom is 0.254 e. The molecule has 1 heterocycles. The van der Waals surface area contributed by atoms with E-state index >= 15 is 0 Å². The molecular weight excluding hydrogens is 385 g/mol. The van der Waals surface area contributed by atoms with Crippen LogP contribution in [0.5, 0.6) is 0 Å². The second-order valence-corrected chi connectivity index (χ2v) is 8.77. The highest BCUT2D eigenvalue weighted by molar-refractivity contribution is 7.89. The van der Waals surface area contributed by atoms with E-state index in [1.54, 1.807) is 31.8 Å². The molecule has 154 valence electrons. The fourth-order valence-electron chi connectivity index (χ4n) is 2.72. The second kappa shape index (κ2) is 8.80. The first kappa shape index (κ1) is 22.0. The number of carbonyl (C=O) groups excluding carboxylic acids is 1. The van der Waals surface area contributed by atoms with Crippen molar-refractivity contribution < 1.29 is 17.6 Å². The number of carbonyl (C=O) groups is 1. The summed E-state index contributed by atoms with van der Waals surface area (Å²) >= 11 is 0. The van der Waals surface area contributed by atoms with Gasteiger partial charge in [-0.2, -0.15) is 5.10 Å². The smallest absolute Gasteiger partial charge is 0.254 e. The van der Waals surface area contributed by atoms with Crippen molar-refractivity contribution in [2.45, 2.75) is 30.8 Å². The molecule has 0 aliphatic carbocycles. The molecule has 0 saturated carbocycles. The van der Waals surface area contributed by atoms with Gasteiger partial charge in [-0.1, -0.05) is 0 Å². The Morgan fingerprint density at radius 1 is 1.32 bits per heavy atom. The lowest BCUT2D eigenvalue weighted by atomic mass is 10.1. The molecule has 0 aliphatic rings. The van der Waals surface area contributed by atoms with Crippen molar-refractivity contribution in [2.75, 3.05) is 20.6 Å². The molecule has 0 aliphatic heterocycles. The highest BCUT2D eigenvalue weighted by Crippen LogP contribution is 2.18. The Morgan fingerprint density at radius 2 is 2.00 bits per heavy atom. The molecule has 1 unspecified atom stereocenters. The van der Waals surface area contributed by atoms with Crippen molar-refractivity contribution in [1.29, 1.82) is 0 Å². The third-order valence-electron chi connectivity index (χ3n) is 4.07. The summed E-state index contributed by atoms with van der Waals surface area (Å²) in [7, 11) is 1.67. The van der Waals surface area contributed by atoms with Crippen LogP contribution in [0, 0.1) is 5.82 Å². The molecule has 10 heteroatoms. The van der Waals surface area contributed by atoms with Gasteiger partial charge in [-0.3, -0.25) is 9.48 Å². The number of hydrogen-bond acceptors (Lipinski definition) is 5. The molecule has 2 N–H and O–H groups in total. The Hall–Kier alpha value is -2.30. The highest BCUT2D eigenvalue weighted by atomic mass is 32.2. The fraction of sp³-hybridized carbons (Fsp3) is 0.444. The minimum Gasteiger partial charge on any atom is -0.350 e. The normalized spacial score (nSPS) is 13.1. The molecule has 28 heavy (non-hydrogen) atoms. The molecule has 0 spiro atoms. The molecule has 0 fully saturated rings. The summed E-state index contributed by atoms with van der Waals surface area (Å²) in [6.07, 6.45) is 3.53. The lowest BCUT2D eigenvalue weighted by Gasteiger charge is -2.23. The molecule has 0 bridgehead atoms. The van der Waals surface area contributed by atoms with E-state index in [2.05, 4.69) is 15.1 Å². The van der Waals surface area contributed by atoms with E-state index < -0.39 is 21.7 Å². The van der Waals surface area contributed by atoms with E-state index in [1.807, 2.05) is 25.2 Å². The van der Waals surface area contributed by atoms with Crippen molar-refractivity contribution in [2.24, 2.45) is 7.05 Å². The van der Waals surface area contributed by atoms with Crippen molar-refractivity contribution in [3.63, 3.8) is 0 Å². The number of nitrogens with zero attached hydrogens (tertiary/aromatic N) is 3. The predicted octanol–water partition coefficient (Wildman–Crippen LogP) is 1.28. The standard InChI is InChI=1S/C18H26FN5O3S/c1-12(2)22-28(26,27)14-6-7-16(19)15(8-14)18(25)20-10-17(23(3)4)13-9-21-24(5)11-13/h6-9,11-12,17,22H,10H2,1-5H3,(H,20,25). The summed E-state index contributed by atoms with van der Waals surface area (Å²) in [5, 5.41) is 6.80. The molecule has 8 nitrogen and oxygen atoms in total. The zero-order chi connectivity index (χ0) is 21.1. The molecule has 0 saturated heterocycles. The minimum absolute atomic E-state index is 0.163. The molecular formula is C18H26FN5O3S. The minimum atomic E-state index is -3.83. The summed E-state index contributed by atoms with van der Waals surface area (Å²) < 4.78 is 42.8. The number of halogens is 1. The van der Waals surface area contributed by atoms with Crippen LogP contribution in [0.3, 0.4) is 0 Å². The van der Waals surface area contributed by atoms with Crippen molar-refractivity contribution in [1.82, 2.24) is 24.7 Å². The SMILES string of the molecule is CC(C)NS(=O)(=O)c1ccc(F)c(C(=O)NCC(c2cnn(C)c2)N(C)C)c1. The summed E-state index contributed by atoms with van der Waals surface area (Å²) in [6, 6.07) is 2.66. The lowest BCUT2D eigenvalue weighted by molar-refractivity contribution is 0.0937. The fourth-order valence-corrected chi connectivity index (χ4v) is 4.00. The van der Waals surface area contributed by atoms with Crippen LogP contribution < -0.4 is 10.0 Å². The number of benzene rings is 1. The zero-order valence-corrected chi connectivity index (χ0v) is 17.4. The number of aromatic nitrogens is 2. The van der Waals surface area contributed by atoms with Gasteiger partial charge in [-0.05, 0) is 46.1 Å². The quantitative estimate of drug-likeness (QED) is 0.682. The zero-order valence-electron chi connectivity index (χ0n) is 16.6. The van der Waals surface area contributed by atoms with Crippen LogP contribution in [-0.4, -0.2) is 55.7 Å². The van der Waals surface area contributed by atoms with Crippen molar-refractivity contribution in [3.05, 3.63) is 47.5 Å². The third kappa shape index (κ3) is 5.37. The Bertz CT molecular complexity index is 940. The molecule has 1 amide bonds. The van der Waals surface area contributed by atoms with Gasteiger partial charge in [-0.15, -0.1) is 0 Å². The van der Waals surface area contributed by atoms with Crippen molar-refractivity contribution >= 4 is 15.9 Å². The van der Waals surface area contributed by atoms with Crippen LogP contribution in [-0.2, 0) is 17.1 Å². The topological polar surface area (TPSA) is 96.3 Å². The Balaban J connectivity index is 2.20. The van der Waals surface area contributed by atoms with Gasteiger partial charge in [-0.25, -0.2) is 17.5 Å². The Morgan fingerprint density at radius 3 is 2.54 bits per heavy atom. The molecule has 2 rings (SSSR count). The van der Waals surface area contributed by atoms with E-state index in [1.165, 1.54) is 0 Å². The molecule has 1 atom stereocenters. The van der Waals surface area contributed by atoms with Gasteiger partial charge in [0.05, 0.1) is 22.7 Å². The number of aryl methyl sites for hydroxylation is 1. The largest absolute Gasteiger partial charge is 0.350 e. The number of hydrogen-bond donors (Lipinski definition) is 2. The average molecular weight is 412 g/mol. The molecule has 0 radical (unpaired) electrons. The van der Waals surface area contributed by atoms with Gasteiger partial charge in [0.1, 0.15) is 5.82 Å². The molecule has 1 aromatic heterocycles. The van der Waals surface area contributed by atoms with E-state index in [-0.39, 0.29) is 29.1 Å². The number of nitrogens with one attached hydrogen (secondary N) is 2. The first-order valence-corrected chi connectivity index (χ1v) is 10.2. The summed E-state index contributed by atoms with van der Waals surface area (Å²) in [5.41, 5.74) is 0.570. The van der Waals surface area contributed by atoms with Gasteiger partial charge in [0.25, 0.3) is 5.91 Å². The third-order valence-corrected chi connectivity index (χ3v) is 5.73. The summed E-state index contributed by atoms with van der Waals surface area (Å²) in [4.78, 5) is 14.3. The van der Waals surface area contributed by atoms with Crippen LogP contribution in [0.15, 0.2) is 35.5 Å². The van der Waals surface area contributed by atoms with Gasteiger partial charge in [0.2, 0.25) is 10.0 Å². The van der Waals surface area contributed by atoms with E-state index in [9.17, 15) is 17.6 Å². The van der Waals surface area contributed by atoms with Gasteiger partial charge in [0, 0.05) is 31.4 Å². The molecule has 1 aromatic carbocycles. The first-order valence-electron chi connectivity index (χ1n) is 8.76. The first-order chi connectivity index (χ1) is 13.0. The van der Waals surface area contributed by atoms with E-state index in [0.717, 1.165) is 23.8 Å². The Labute approximate surface area is 164 Å². The van der Waals surface area contributed by atoms with Gasteiger partial charge < -0.3 is 10.2 Å². The molecule has 2 aromatic rings. The number of sulfonamides is 1. The van der Waals surface area contributed by atoms with Gasteiger partial charge in [0.15, 0.2) is 0 Å². The number of rotatable bonds is 8. The number of amides is 1. The van der Waals surface area contributed by atoms with E-state index in [0.29, 0.717) is 0 Å².